The average molecular weight is 294 g/mol. The third kappa shape index (κ3) is 3.63. The van der Waals surface area contributed by atoms with Crippen molar-refractivity contribution in [2.75, 3.05) is 5.32 Å². The molecule has 2 rings (SSSR count). The van der Waals surface area contributed by atoms with E-state index in [1.54, 1.807) is 13.8 Å². The number of anilines is 1. The molecular formula is C13H18N4O2S. The van der Waals surface area contributed by atoms with Crippen LogP contribution in [0, 0.1) is 13.8 Å². The minimum absolute atomic E-state index is 0.227. The summed E-state index contributed by atoms with van der Waals surface area (Å²) in [4.78, 5) is 16.1. The third-order valence-electron chi connectivity index (χ3n) is 2.79. The first kappa shape index (κ1) is 14.6. The van der Waals surface area contributed by atoms with Crippen LogP contribution in [0.15, 0.2) is 4.42 Å². The molecule has 20 heavy (non-hydrogen) atoms. The summed E-state index contributed by atoms with van der Waals surface area (Å²) in [5.41, 5.74) is 0.577. The molecule has 0 fully saturated rings. The summed E-state index contributed by atoms with van der Waals surface area (Å²) >= 11 is 1.40. The highest BCUT2D eigenvalue weighted by Gasteiger charge is 2.17. The van der Waals surface area contributed by atoms with E-state index in [0.29, 0.717) is 16.7 Å². The van der Waals surface area contributed by atoms with Gasteiger partial charge in [-0.2, -0.15) is 0 Å². The first-order valence-electron chi connectivity index (χ1n) is 6.68. The Morgan fingerprint density at radius 2 is 2.10 bits per heavy atom. The van der Waals surface area contributed by atoms with Crippen molar-refractivity contribution in [3.8, 4) is 0 Å². The first-order chi connectivity index (χ1) is 9.60. The minimum Gasteiger partial charge on any atom is -0.436 e. The average Bonchev–Trinajstić information content (AvgIpc) is 2.96. The summed E-state index contributed by atoms with van der Waals surface area (Å²) in [7, 11) is 0. The van der Waals surface area contributed by atoms with Crippen LogP contribution in [0.3, 0.4) is 0 Å². The van der Waals surface area contributed by atoms with Gasteiger partial charge in [-0.3, -0.25) is 10.1 Å². The van der Waals surface area contributed by atoms with E-state index in [-0.39, 0.29) is 11.7 Å². The zero-order chi connectivity index (χ0) is 14.5. The quantitative estimate of drug-likeness (QED) is 0.828. The Bertz CT molecular complexity index is 591. The maximum absolute atomic E-state index is 12.0. The molecule has 0 spiro atoms. The second-order valence-electron chi connectivity index (χ2n) is 4.56. The van der Waals surface area contributed by atoms with E-state index >= 15 is 0 Å². The van der Waals surface area contributed by atoms with Gasteiger partial charge in [-0.15, -0.1) is 10.2 Å². The Hall–Kier alpha value is -1.76. The van der Waals surface area contributed by atoms with Crippen molar-refractivity contribution in [2.45, 2.75) is 46.5 Å². The molecule has 0 aliphatic carbocycles. The molecule has 1 amide bonds. The lowest BCUT2D eigenvalue weighted by atomic mass is 10.2. The smallest absolute Gasteiger partial charge is 0.295 e. The van der Waals surface area contributed by atoms with Gasteiger partial charge in [0.15, 0.2) is 5.89 Å². The Morgan fingerprint density at radius 1 is 1.30 bits per heavy atom. The van der Waals surface area contributed by atoms with Gasteiger partial charge in [0.2, 0.25) is 10.9 Å². The zero-order valence-electron chi connectivity index (χ0n) is 11.9. The molecule has 0 aromatic carbocycles. The maximum atomic E-state index is 12.0. The maximum Gasteiger partial charge on any atom is 0.295 e. The van der Waals surface area contributed by atoms with Crippen LogP contribution < -0.4 is 5.32 Å². The van der Waals surface area contributed by atoms with Gasteiger partial charge in [0.1, 0.15) is 5.01 Å². The summed E-state index contributed by atoms with van der Waals surface area (Å²) in [5.74, 6) is 0.370. The molecule has 0 atom stereocenters. The van der Waals surface area contributed by atoms with Crippen molar-refractivity contribution in [1.82, 2.24) is 15.2 Å². The predicted octanol–water partition coefficient (Wildman–Crippen LogP) is 3.13. The van der Waals surface area contributed by atoms with Crippen molar-refractivity contribution in [2.24, 2.45) is 0 Å². The minimum atomic E-state index is -0.334. The molecule has 2 aromatic rings. The summed E-state index contributed by atoms with van der Waals surface area (Å²) in [6.07, 6.45) is 4.35. The highest BCUT2D eigenvalue weighted by molar-refractivity contribution is 7.15. The van der Waals surface area contributed by atoms with E-state index in [1.807, 2.05) is 0 Å². The lowest BCUT2D eigenvalue weighted by Gasteiger charge is -1.97. The number of nitrogens with zero attached hydrogens (tertiary/aromatic N) is 3. The van der Waals surface area contributed by atoms with Crippen LogP contribution in [0.25, 0.3) is 0 Å². The van der Waals surface area contributed by atoms with Gasteiger partial charge in [-0.05, 0) is 13.3 Å². The summed E-state index contributed by atoms with van der Waals surface area (Å²) < 4.78 is 5.27. The number of hydrogen-bond acceptors (Lipinski definition) is 6. The normalized spacial score (nSPS) is 10.8. The van der Waals surface area contributed by atoms with E-state index in [4.69, 9.17) is 4.42 Å². The van der Waals surface area contributed by atoms with Crippen molar-refractivity contribution in [1.29, 1.82) is 0 Å². The SMILES string of the molecule is CCCCCc1nnc(NC(=O)c2oc(C)nc2C)s1. The lowest BCUT2D eigenvalue weighted by Crippen LogP contribution is -2.12. The van der Waals surface area contributed by atoms with Gasteiger partial charge >= 0.3 is 0 Å². The van der Waals surface area contributed by atoms with Crippen LogP contribution in [0.4, 0.5) is 5.13 Å². The fraction of sp³-hybridized carbons (Fsp3) is 0.538. The fourth-order valence-electron chi connectivity index (χ4n) is 1.83. The van der Waals surface area contributed by atoms with Crippen molar-refractivity contribution in [3.63, 3.8) is 0 Å². The molecular weight excluding hydrogens is 276 g/mol. The van der Waals surface area contributed by atoms with E-state index in [0.717, 1.165) is 17.8 Å². The van der Waals surface area contributed by atoms with Gasteiger partial charge in [0.05, 0.1) is 5.69 Å². The Balaban J connectivity index is 1.96. The van der Waals surface area contributed by atoms with E-state index < -0.39 is 0 Å². The third-order valence-corrected chi connectivity index (χ3v) is 3.69. The fourth-order valence-corrected chi connectivity index (χ4v) is 2.60. The van der Waals surface area contributed by atoms with Crippen LogP contribution in [-0.2, 0) is 6.42 Å². The van der Waals surface area contributed by atoms with Gasteiger partial charge in [0, 0.05) is 13.3 Å². The molecule has 0 saturated carbocycles. The van der Waals surface area contributed by atoms with Crippen molar-refractivity contribution >= 4 is 22.4 Å². The summed E-state index contributed by atoms with van der Waals surface area (Å²) in [6, 6.07) is 0. The second kappa shape index (κ2) is 6.60. The number of amides is 1. The van der Waals surface area contributed by atoms with Gasteiger partial charge in [-0.25, -0.2) is 4.98 Å². The molecule has 0 unspecified atom stereocenters. The number of rotatable bonds is 6. The zero-order valence-corrected chi connectivity index (χ0v) is 12.7. The number of hydrogen-bond donors (Lipinski definition) is 1. The van der Waals surface area contributed by atoms with Crippen LogP contribution in [-0.4, -0.2) is 21.1 Å². The molecule has 0 radical (unpaired) electrons. The number of nitrogens with one attached hydrogen (secondary N) is 1. The van der Waals surface area contributed by atoms with Crippen LogP contribution >= 0.6 is 11.3 Å². The van der Waals surface area contributed by atoms with Gasteiger partial charge in [-0.1, -0.05) is 31.1 Å². The molecule has 0 aliphatic heterocycles. The Labute approximate surface area is 121 Å². The molecule has 2 heterocycles. The second-order valence-corrected chi connectivity index (χ2v) is 5.62. The largest absolute Gasteiger partial charge is 0.436 e. The number of carbonyl (C=O) groups excluding carboxylic acids is 1. The molecule has 1 N–H and O–H groups in total. The molecule has 0 bridgehead atoms. The number of unbranched alkanes of at least 4 members (excludes halogenated alkanes) is 2. The van der Waals surface area contributed by atoms with Crippen molar-refractivity contribution < 1.29 is 9.21 Å². The monoisotopic (exact) mass is 294 g/mol. The summed E-state index contributed by atoms with van der Waals surface area (Å²) in [5, 5.41) is 12.2. The molecule has 0 aliphatic rings. The molecule has 108 valence electrons. The number of aryl methyl sites for hydroxylation is 3. The van der Waals surface area contributed by atoms with Crippen LogP contribution in [0.1, 0.15) is 53.3 Å². The summed E-state index contributed by atoms with van der Waals surface area (Å²) in [6.45, 7) is 5.61. The van der Waals surface area contributed by atoms with Crippen LogP contribution in [0.2, 0.25) is 0 Å². The molecule has 2 aromatic heterocycles. The molecule has 7 heteroatoms. The van der Waals surface area contributed by atoms with Crippen LogP contribution in [0.5, 0.6) is 0 Å². The first-order valence-corrected chi connectivity index (χ1v) is 7.49. The topological polar surface area (TPSA) is 80.9 Å². The van der Waals surface area contributed by atoms with E-state index in [9.17, 15) is 4.79 Å². The lowest BCUT2D eigenvalue weighted by molar-refractivity contribution is 0.0994. The Kier molecular flexibility index (Phi) is 4.84. The standard InChI is InChI=1S/C13H18N4O2S/c1-4-5-6-7-10-16-17-13(20-10)15-12(18)11-8(2)14-9(3)19-11/h4-7H2,1-3H3,(H,15,17,18). The molecule has 0 saturated heterocycles. The predicted molar refractivity (Wildman–Crippen MR) is 77.1 cm³/mol. The highest BCUT2D eigenvalue weighted by Crippen LogP contribution is 2.19. The number of oxazole rings is 1. The van der Waals surface area contributed by atoms with Gasteiger partial charge < -0.3 is 4.42 Å². The van der Waals surface area contributed by atoms with Gasteiger partial charge in [0.25, 0.3) is 5.91 Å². The highest BCUT2D eigenvalue weighted by atomic mass is 32.1. The van der Waals surface area contributed by atoms with E-state index in [1.165, 1.54) is 24.2 Å². The number of carbonyl (C=O) groups is 1. The van der Waals surface area contributed by atoms with Crippen molar-refractivity contribution in [3.05, 3.63) is 22.4 Å². The molecule has 6 nitrogen and oxygen atoms in total. The Morgan fingerprint density at radius 3 is 2.75 bits per heavy atom. The number of aromatic nitrogens is 3. The van der Waals surface area contributed by atoms with E-state index in [2.05, 4.69) is 27.4 Å².